The van der Waals surface area contributed by atoms with Gasteiger partial charge in [-0.2, -0.15) is 8.78 Å². The Morgan fingerprint density at radius 1 is 0.941 bits per heavy atom. The van der Waals surface area contributed by atoms with E-state index in [4.69, 9.17) is 0 Å². The Kier molecular flexibility index (Phi) is 3.17. The number of halogens is 4. The predicted molar refractivity (Wildman–Crippen MR) is 55.5 cm³/mol. The fourth-order valence-electron chi connectivity index (χ4n) is 1.64. The average Bonchev–Trinajstić information content (AvgIpc) is 2.27. The Bertz CT molecular complexity index is 525. The summed E-state index contributed by atoms with van der Waals surface area (Å²) in [7, 11) is 0. The molecule has 0 aromatic heterocycles. The van der Waals surface area contributed by atoms with Crippen LogP contribution in [-0.2, 0) is 0 Å². The van der Waals surface area contributed by atoms with Crippen LogP contribution in [0.25, 0.3) is 10.8 Å². The Morgan fingerprint density at radius 2 is 1.71 bits per heavy atom. The van der Waals surface area contributed by atoms with Crippen LogP contribution in [0.5, 0.6) is 5.75 Å². The van der Waals surface area contributed by atoms with Crippen LogP contribution in [0.1, 0.15) is 12.0 Å². The summed E-state index contributed by atoms with van der Waals surface area (Å²) in [5, 5.41) is 0.782. The monoisotopic (exact) mass is 244 g/mol. The zero-order valence-electron chi connectivity index (χ0n) is 8.54. The summed E-state index contributed by atoms with van der Waals surface area (Å²) >= 11 is 0. The van der Waals surface area contributed by atoms with E-state index in [1.165, 1.54) is 30.3 Å². The lowest BCUT2D eigenvalue weighted by molar-refractivity contribution is -0.0497. The maximum atomic E-state index is 12.7. The standard InChI is InChI=1S/C12H8F4O/c13-11(14)9-3-1-2-7-4-5-8(6-10(7)9)17-12(15)16/h1-6,11-12H. The molecule has 2 rings (SSSR count). The number of hydrogen-bond acceptors (Lipinski definition) is 1. The third-order valence-corrected chi connectivity index (χ3v) is 2.35. The summed E-state index contributed by atoms with van der Waals surface area (Å²) < 4.78 is 53.6. The van der Waals surface area contributed by atoms with Crippen molar-refractivity contribution in [3.05, 3.63) is 42.0 Å². The van der Waals surface area contributed by atoms with Crippen molar-refractivity contribution in [2.75, 3.05) is 0 Å². The maximum absolute atomic E-state index is 12.7. The molecule has 0 saturated heterocycles. The second-order valence-electron chi connectivity index (χ2n) is 3.41. The number of benzene rings is 2. The van der Waals surface area contributed by atoms with Crippen molar-refractivity contribution in [3.8, 4) is 5.75 Å². The van der Waals surface area contributed by atoms with E-state index in [0.717, 1.165) is 0 Å². The molecule has 0 atom stereocenters. The molecule has 1 nitrogen and oxygen atoms in total. The maximum Gasteiger partial charge on any atom is 0.387 e. The van der Waals surface area contributed by atoms with Gasteiger partial charge in [-0.3, -0.25) is 0 Å². The first kappa shape index (κ1) is 11.7. The van der Waals surface area contributed by atoms with Crippen LogP contribution in [-0.4, -0.2) is 6.61 Å². The molecule has 0 heterocycles. The van der Waals surface area contributed by atoms with Gasteiger partial charge in [0.25, 0.3) is 6.43 Å². The van der Waals surface area contributed by atoms with Crippen LogP contribution >= 0.6 is 0 Å². The molecule has 0 amide bonds. The minimum atomic E-state index is -2.97. The van der Waals surface area contributed by atoms with E-state index in [9.17, 15) is 17.6 Å². The molecule has 5 heteroatoms. The highest BCUT2D eigenvalue weighted by Gasteiger charge is 2.12. The van der Waals surface area contributed by atoms with Gasteiger partial charge in [0.15, 0.2) is 0 Å². The second kappa shape index (κ2) is 4.61. The molecular weight excluding hydrogens is 236 g/mol. The van der Waals surface area contributed by atoms with Crippen molar-refractivity contribution in [2.45, 2.75) is 13.0 Å². The first-order valence-corrected chi connectivity index (χ1v) is 4.83. The van der Waals surface area contributed by atoms with Crippen molar-refractivity contribution < 1.29 is 22.3 Å². The van der Waals surface area contributed by atoms with E-state index in [0.29, 0.717) is 5.39 Å². The number of alkyl halides is 4. The summed E-state index contributed by atoms with van der Waals surface area (Å²) in [5.41, 5.74) is -0.192. The van der Waals surface area contributed by atoms with Gasteiger partial charge in [-0.15, -0.1) is 0 Å². The third kappa shape index (κ3) is 2.49. The molecule has 0 aliphatic heterocycles. The predicted octanol–water partition coefficient (Wildman–Crippen LogP) is 4.38. The molecule has 0 bridgehead atoms. The Labute approximate surface area is 94.6 Å². The molecule has 0 aliphatic carbocycles. The van der Waals surface area contributed by atoms with Gasteiger partial charge in [0, 0.05) is 5.56 Å². The van der Waals surface area contributed by atoms with Crippen LogP contribution in [0, 0.1) is 0 Å². The smallest absolute Gasteiger partial charge is 0.387 e. The molecule has 2 aromatic rings. The van der Waals surface area contributed by atoms with E-state index in [2.05, 4.69) is 4.74 Å². The Morgan fingerprint density at radius 3 is 2.35 bits per heavy atom. The number of rotatable bonds is 3. The van der Waals surface area contributed by atoms with Gasteiger partial charge in [-0.25, -0.2) is 8.78 Å². The van der Waals surface area contributed by atoms with Crippen molar-refractivity contribution in [2.24, 2.45) is 0 Å². The zero-order valence-corrected chi connectivity index (χ0v) is 8.54. The highest BCUT2D eigenvalue weighted by molar-refractivity contribution is 5.87. The van der Waals surface area contributed by atoms with Gasteiger partial charge in [-0.05, 0) is 22.9 Å². The van der Waals surface area contributed by atoms with E-state index < -0.39 is 13.0 Å². The normalized spacial score (nSPS) is 11.4. The highest BCUT2D eigenvalue weighted by Crippen LogP contribution is 2.30. The van der Waals surface area contributed by atoms with Gasteiger partial charge in [0.2, 0.25) is 0 Å². The molecule has 0 saturated carbocycles. The fraction of sp³-hybridized carbons (Fsp3) is 0.167. The zero-order chi connectivity index (χ0) is 12.4. The minimum Gasteiger partial charge on any atom is -0.435 e. The van der Waals surface area contributed by atoms with E-state index in [1.54, 1.807) is 6.07 Å². The molecule has 0 fully saturated rings. The molecule has 0 spiro atoms. The van der Waals surface area contributed by atoms with Crippen LogP contribution in [0.15, 0.2) is 36.4 Å². The van der Waals surface area contributed by atoms with Gasteiger partial charge < -0.3 is 4.74 Å². The summed E-state index contributed by atoms with van der Waals surface area (Å²) in [6.45, 7) is -2.97. The van der Waals surface area contributed by atoms with Crippen molar-refractivity contribution in [1.29, 1.82) is 0 Å². The van der Waals surface area contributed by atoms with Crippen LogP contribution in [0.3, 0.4) is 0 Å². The lowest BCUT2D eigenvalue weighted by atomic mass is 10.0. The topological polar surface area (TPSA) is 9.23 Å². The van der Waals surface area contributed by atoms with E-state index in [1.807, 2.05) is 0 Å². The number of ether oxygens (including phenoxy) is 1. The summed E-state index contributed by atoms with van der Waals surface area (Å²) in [6, 6.07) is 8.38. The highest BCUT2D eigenvalue weighted by atomic mass is 19.3. The fourth-order valence-corrected chi connectivity index (χ4v) is 1.64. The molecule has 17 heavy (non-hydrogen) atoms. The first-order chi connectivity index (χ1) is 8.08. The van der Waals surface area contributed by atoms with E-state index in [-0.39, 0.29) is 16.7 Å². The van der Waals surface area contributed by atoms with Crippen LogP contribution < -0.4 is 4.74 Å². The average molecular weight is 244 g/mol. The summed E-state index contributed by atoms with van der Waals surface area (Å²) in [6.07, 6.45) is -2.65. The molecule has 90 valence electrons. The van der Waals surface area contributed by atoms with Crippen molar-refractivity contribution in [1.82, 2.24) is 0 Å². The lowest BCUT2D eigenvalue weighted by Crippen LogP contribution is -2.01. The first-order valence-electron chi connectivity index (χ1n) is 4.83. The molecule has 0 aliphatic rings. The van der Waals surface area contributed by atoms with Crippen LogP contribution in [0.2, 0.25) is 0 Å². The molecule has 2 aromatic carbocycles. The van der Waals surface area contributed by atoms with Gasteiger partial charge >= 0.3 is 6.61 Å². The minimum absolute atomic E-state index is 0.124. The summed E-state index contributed by atoms with van der Waals surface area (Å²) in [5.74, 6) is -0.124. The van der Waals surface area contributed by atoms with Gasteiger partial charge in [-0.1, -0.05) is 24.3 Å². The van der Waals surface area contributed by atoms with Crippen molar-refractivity contribution in [3.63, 3.8) is 0 Å². The third-order valence-electron chi connectivity index (χ3n) is 2.35. The largest absolute Gasteiger partial charge is 0.435 e. The number of hydrogen-bond donors (Lipinski definition) is 0. The SMILES string of the molecule is FC(F)Oc1ccc2cccc(C(F)F)c2c1. The lowest BCUT2D eigenvalue weighted by Gasteiger charge is -2.08. The van der Waals surface area contributed by atoms with Gasteiger partial charge in [0.1, 0.15) is 5.75 Å². The molecule has 0 unspecified atom stereocenters. The van der Waals surface area contributed by atoms with Crippen molar-refractivity contribution >= 4 is 10.8 Å². The summed E-state index contributed by atoms with van der Waals surface area (Å²) in [4.78, 5) is 0. The molecule has 0 radical (unpaired) electrons. The Hall–Kier alpha value is -1.78. The van der Waals surface area contributed by atoms with Crippen LogP contribution in [0.4, 0.5) is 17.6 Å². The molecule has 0 N–H and O–H groups in total. The van der Waals surface area contributed by atoms with Gasteiger partial charge in [0.05, 0.1) is 0 Å². The number of fused-ring (bicyclic) bond motifs is 1. The Balaban J connectivity index is 2.53. The second-order valence-corrected chi connectivity index (χ2v) is 3.41. The molecular formula is C12H8F4O. The van der Waals surface area contributed by atoms with E-state index >= 15 is 0 Å². The quantitative estimate of drug-likeness (QED) is 0.728.